The van der Waals surface area contributed by atoms with Crippen LogP contribution in [0.3, 0.4) is 0 Å². The molecular formula is C16H10O3. The van der Waals surface area contributed by atoms with Crippen LogP contribution in [0, 0.1) is 0 Å². The molecule has 0 aromatic heterocycles. The summed E-state index contributed by atoms with van der Waals surface area (Å²) in [4.78, 5) is 11.2. The van der Waals surface area contributed by atoms with E-state index >= 15 is 0 Å². The van der Waals surface area contributed by atoms with Gasteiger partial charge in [-0.25, -0.2) is 0 Å². The van der Waals surface area contributed by atoms with Crippen molar-refractivity contribution in [1.82, 2.24) is 0 Å². The zero-order chi connectivity index (χ0) is 12.8. The highest BCUT2D eigenvalue weighted by atomic mass is 16.7. The van der Waals surface area contributed by atoms with Crippen LogP contribution in [0.15, 0.2) is 42.5 Å². The molecule has 1 heterocycles. The lowest BCUT2D eigenvalue weighted by Gasteiger charge is -2.08. The minimum Gasteiger partial charge on any atom is -0.453 e. The van der Waals surface area contributed by atoms with E-state index in [1.165, 1.54) is 0 Å². The lowest BCUT2D eigenvalue weighted by atomic mass is 9.99. The van der Waals surface area contributed by atoms with E-state index in [0.717, 1.165) is 27.8 Å². The largest absolute Gasteiger partial charge is 0.453 e. The fourth-order valence-electron chi connectivity index (χ4n) is 2.65. The van der Waals surface area contributed by atoms with Gasteiger partial charge in [-0.2, -0.15) is 0 Å². The van der Waals surface area contributed by atoms with Crippen LogP contribution >= 0.6 is 0 Å². The second-order valence-electron chi connectivity index (χ2n) is 4.53. The first kappa shape index (κ1) is 10.4. The molecule has 3 aromatic rings. The fourth-order valence-corrected chi connectivity index (χ4v) is 2.65. The first-order valence-electron chi connectivity index (χ1n) is 6.08. The van der Waals surface area contributed by atoms with Gasteiger partial charge < -0.3 is 9.47 Å². The molecule has 1 aliphatic rings. The maximum atomic E-state index is 11.2. The normalized spacial score (nSPS) is 13.1. The zero-order valence-corrected chi connectivity index (χ0v) is 10.1. The molecule has 3 aromatic carbocycles. The lowest BCUT2D eigenvalue weighted by Crippen LogP contribution is -1.94. The van der Waals surface area contributed by atoms with Gasteiger partial charge in [0.05, 0.1) is 5.56 Å². The van der Waals surface area contributed by atoms with Gasteiger partial charge in [0.2, 0.25) is 6.79 Å². The van der Waals surface area contributed by atoms with Crippen molar-refractivity contribution >= 4 is 27.8 Å². The van der Waals surface area contributed by atoms with Gasteiger partial charge in [0.25, 0.3) is 0 Å². The summed E-state index contributed by atoms with van der Waals surface area (Å²) in [7, 11) is 0. The van der Waals surface area contributed by atoms with Crippen LogP contribution in [0.4, 0.5) is 0 Å². The fraction of sp³-hybridized carbons (Fsp3) is 0.0625. The van der Waals surface area contributed by atoms with Gasteiger partial charge >= 0.3 is 0 Å². The van der Waals surface area contributed by atoms with Crippen LogP contribution in [-0.4, -0.2) is 13.1 Å². The van der Waals surface area contributed by atoms with Gasteiger partial charge in [-0.05, 0) is 28.3 Å². The summed E-state index contributed by atoms with van der Waals surface area (Å²) in [5, 5.41) is 4.26. The number of carbonyl (C=O) groups is 1. The molecule has 0 spiro atoms. The minimum atomic E-state index is 0.169. The Hall–Kier alpha value is -2.55. The van der Waals surface area contributed by atoms with Gasteiger partial charge in [0.15, 0.2) is 17.8 Å². The average Bonchev–Trinajstić information content (AvgIpc) is 2.95. The van der Waals surface area contributed by atoms with Gasteiger partial charge in [-0.15, -0.1) is 0 Å². The van der Waals surface area contributed by atoms with E-state index in [0.29, 0.717) is 17.1 Å². The Labute approximate surface area is 109 Å². The summed E-state index contributed by atoms with van der Waals surface area (Å²) >= 11 is 0. The number of aldehydes is 1. The van der Waals surface area contributed by atoms with Gasteiger partial charge in [-0.1, -0.05) is 30.3 Å². The van der Waals surface area contributed by atoms with Crippen LogP contribution in [0.1, 0.15) is 10.4 Å². The summed E-state index contributed by atoms with van der Waals surface area (Å²) in [5.74, 6) is 1.23. The Morgan fingerprint density at radius 2 is 1.74 bits per heavy atom. The van der Waals surface area contributed by atoms with Gasteiger partial charge in [0.1, 0.15) is 0 Å². The van der Waals surface area contributed by atoms with Crippen molar-refractivity contribution in [2.45, 2.75) is 0 Å². The van der Waals surface area contributed by atoms with Crippen molar-refractivity contribution in [2.75, 3.05) is 6.79 Å². The van der Waals surface area contributed by atoms with E-state index in [4.69, 9.17) is 9.47 Å². The molecule has 0 N–H and O–H groups in total. The van der Waals surface area contributed by atoms with E-state index in [1.807, 2.05) is 24.3 Å². The van der Waals surface area contributed by atoms with Crippen molar-refractivity contribution in [1.29, 1.82) is 0 Å². The molecular weight excluding hydrogens is 240 g/mol. The van der Waals surface area contributed by atoms with Crippen molar-refractivity contribution < 1.29 is 14.3 Å². The number of ether oxygens (including phenoxy) is 2. The number of carbonyl (C=O) groups excluding carboxylic acids is 1. The second kappa shape index (κ2) is 3.72. The van der Waals surface area contributed by atoms with E-state index in [-0.39, 0.29) is 6.79 Å². The maximum absolute atomic E-state index is 11.2. The van der Waals surface area contributed by atoms with Crippen LogP contribution in [0.2, 0.25) is 0 Å². The monoisotopic (exact) mass is 250 g/mol. The first-order valence-corrected chi connectivity index (χ1v) is 6.08. The number of fused-ring (bicyclic) bond motifs is 5. The predicted octanol–water partition coefficient (Wildman–Crippen LogP) is 3.53. The SMILES string of the molecule is O=Cc1cc2c(ccc3ccccc32)c2c1OCO2. The molecule has 0 bridgehead atoms. The number of benzene rings is 3. The third-order valence-corrected chi connectivity index (χ3v) is 3.52. The summed E-state index contributed by atoms with van der Waals surface area (Å²) in [6.07, 6.45) is 0.814. The van der Waals surface area contributed by atoms with Gasteiger partial charge in [-0.3, -0.25) is 4.79 Å². The van der Waals surface area contributed by atoms with E-state index in [9.17, 15) is 4.79 Å². The van der Waals surface area contributed by atoms with Crippen LogP contribution in [0.5, 0.6) is 11.5 Å². The standard InChI is InChI=1S/C16H10O3/c17-8-11-7-14-12-4-2-1-3-10(12)5-6-13(14)16-15(11)18-9-19-16/h1-8H,9H2. The van der Waals surface area contributed by atoms with Crippen LogP contribution in [0.25, 0.3) is 21.5 Å². The summed E-state index contributed by atoms with van der Waals surface area (Å²) in [6.45, 7) is 0.169. The zero-order valence-electron chi connectivity index (χ0n) is 10.1. The number of hydrogen-bond acceptors (Lipinski definition) is 3. The van der Waals surface area contributed by atoms with E-state index in [2.05, 4.69) is 18.2 Å². The Morgan fingerprint density at radius 3 is 2.63 bits per heavy atom. The number of rotatable bonds is 1. The number of hydrogen-bond donors (Lipinski definition) is 0. The van der Waals surface area contributed by atoms with Crippen LogP contribution < -0.4 is 9.47 Å². The molecule has 0 unspecified atom stereocenters. The van der Waals surface area contributed by atoms with Crippen molar-refractivity contribution in [3.05, 3.63) is 48.0 Å². The predicted molar refractivity (Wildman–Crippen MR) is 73.0 cm³/mol. The summed E-state index contributed by atoms with van der Waals surface area (Å²) in [6, 6.07) is 14.0. The minimum absolute atomic E-state index is 0.169. The van der Waals surface area contributed by atoms with Crippen molar-refractivity contribution in [2.24, 2.45) is 0 Å². The molecule has 0 atom stereocenters. The molecule has 3 nitrogen and oxygen atoms in total. The molecule has 0 amide bonds. The highest BCUT2D eigenvalue weighted by Crippen LogP contribution is 2.43. The molecule has 1 aliphatic heterocycles. The third kappa shape index (κ3) is 1.35. The van der Waals surface area contributed by atoms with E-state index in [1.54, 1.807) is 0 Å². The third-order valence-electron chi connectivity index (χ3n) is 3.52. The molecule has 0 saturated heterocycles. The molecule has 0 fully saturated rings. The first-order chi connectivity index (χ1) is 9.38. The Balaban J connectivity index is 2.24. The average molecular weight is 250 g/mol. The Morgan fingerprint density at radius 1 is 0.895 bits per heavy atom. The second-order valence-corrected chi connectivity index (χ2v) is 4.53. The maximum Gasteiger partial charge on any atom is 0.231 e. The Kier molecular flexibility index (Phi) is 2.03. The lowest BCUT2D eigenvalue weighted by molar-refractivity contribution is 0.111. The van der Waals surface area contributed by atoms with Crippen molar-refractivity contribution in [3.63, 3.8) is 0 Å². The van der Waals surface area contributed by atoms with Crippen LogP contribution in [-0.2, 0) is 0 Å². The van der Waals surface area contributed by atoms with Gasteiger partial charge in [0, 0.05) is 5.39 Å². The molecule has 0 saturated carbocycles. The highest BCUT2D eigenvalue weighted by Gasteiger charge is 2.21. The topological polar surface area (TPSA) is 35.5 Å². The quantitative estimate of drug-likeness (QED) is 0.489. The molecule has 0 aliphatic carbocycles. The van der Waals surface area contributed by atoms with Crippen molar-refractivity contribution in [3.8, 4) is 11.5 Å². The summed E-state index contributed by atoms with van der Waals surface area (Å²) < 4.78 is 10.9. The summed E-state index contributed by atoms with van der Waals surface area (Å²) in [5.41, 5.74) is 0.538. The molecule has 0 radical (unpaired) electrons. The Bertz CT molecular complexity index is 821. The molecule has 3 heteroatoms. The molecule has 92 valence electrons. The smallest absolute Gasteiger partial charge is 0.231 e. The highest BCUT2D eigenvalue weighted by molar-refractivity contribution is 6.12. The molecule has 4 rings (SSSR count). The molecule has 19 heavy (non-hydrogen) atoms. The van der Waals surface area contributed by atoms with E-state index < -0.39 is 0 Å².